The van der Waals surface area contributed by atoms with E-state index >= 15 is 0 Å². The first-order valence-electron chi connectivity index (χ1n) is 7.73. The molecule has 4 rings (SSSR count). The van der Waals surface area contributed by atoms with E-state index in [0.29, 0.717) is 6.04 Å². The Balaban J connectivity index is 1.49. The van der Waals surface area contributed by atoms with Crippen molar-refractivity contribution < 1.29 is 0 Å². The molecule has 2 unspecified atom stereocenters. The number of hydrogen-bond acceptors (Lipinski definition) is 4. The normalized spacial score (nSPS) is 28.7. The highest BCUT2D eigenvalue weighted by molar-refractivity contribution is 5.51. The van der Waals surface area contributed by atoms with E-state index in [-0.39, 0.29) is 0 Å². The molecule has 3 heterocycles. The summed E-state index contributed by atoms with van der Waals surface area (Å²) in [5.74, 6) is 0. The molecular formula is C16H21N5. The molecule has 5 nitrogen and oxygen atoms in total. The Kier molecular flexibility index (Phi) is 3.15. The molecule has 2 aliphatic heterocycles. The van der Waals surface area contributed by atoms with E-state index in [4.69, 9.17) is 0 Å². The standard InChI is InChI=1S/C16H21N5/c1-20-14-5-6-15(20)9-13(8-14)19-12-3-2-4-16(7-12)21-10-17-18-11-21/h2-4,7,10-11,13-15,19H,5-6,8-9H2,1H3. The van der Waals surface area contributed by atoms with Crippen molar-refractivity contribution in [3.8, 4) is 5.69 Å². The Hall–Kier alpha value is -1.88. The number of benzene rings is 1. The van der Waals surface area contributed by atoms with Gasteiger partial charge in [0.05, 0.1) is 5.69 Å². The van der Waals surface area contributed by atoms with Gasteiger partial charge in [0.2, 0.25) is 0 Å². The van der Waals surface area contributed by atoms with Crippen LogP contribution >= 0.6 is 0 Å². The van der Waals surface area contributed by atoms with E-state index in [1.807, 2.05) is 4.57 Å². The van der Waals surface area contributed by atoms with Crippen molar-refractivity contribution in [2.75, 3.05) is 12.4 Å². The lowest BCUT2D eigenvalue weighted by molar-refractivity contribution is 0.169. The molecule has 0 amide bonds. The molecule has 1 N–H and O–H groups in total. The number of nitrogens with one attached hydrogen (secondary N) is 1. The van der Waals surface area contributed by atoms with Crippen LogP contribution in [0.3, 0.4) is 0 Å². The third kappa shape index (κ3) is 2.42. The van der Waals surface area contributed by atoms with Gasteiger partial charge in [0.25, 0.3) is 0 Å². The topological polar surface area (TPSA) is 46.0 Å². The molecule has 2 aromatic rings. The Labute approximate surface area is 125 Å². The van der Waals surface area contributed by atoms with Crippen molar-refractivity contribution in [2.45, 2.75) is 43.8 Å². The lowest BCUT2D eigenvalue weighted by atomic mass is 9.98. The van der Waals surface area contributed by atoms with Crippen LogP contribution in [0.5, 0.6) is 0 Å². The predicted molar refractivity (Wildman–Crippen MR) is 82.6 cm³/mol. The fraction of sp³-hybridized carbons (Fsp3) is 0.500. The zero-order chi connectivity index (χ0) is 14.2. The lowest BCUT2D eigenvalue weighted by Gasteiger charge is -2.37. The maximum atomic E-state index is 3.87. The molecule has 0 saturated carbocycles. The van der Waals surface area contributed by atoms with Crippen LogP contribution in [0, 0.1) is 0 Å². The summed E-state index contributed by atoms with van der Waals surface area (Å²) in [5.41, 5.74) is 2.29. The largest absolute Gasteiger partial charge is 0.382 e. The van der Waals surface area contributed by atoms with E-state index in [2.05, 4.69) is 51.7 Å². The number of nitrogens with zero attached hydrogens (tertiary/aromatic N) is 4. The Bertz CT molecular complexity index is 595. The smallest absolute Gasteiger partial charge is 0.123 e. The predicted octanol–water partition coefficient (Wildman–Crippen LogP) is 2.30. The van der Waals surface area contributed by atoms with Crippen molar-refractivity contribution >= 4 is 5.69 Å². The molecule has 2 saturated heterocycles. The summed E-state index contributed by atoms with van der Waals surface area (Å²) in [6.45, 7) is 0. The van der Waals surface area contributed by atoms with Gasteiger partial charge in [0.15, 0.2) is 0 Å². The molecule has 2 bridgehead atoms. The molecule has 1 aromatic carbocycles. The Morgan fingerprint density at radius 1 is 1.10 bits per heavy atom. The van der Waals surface area contributed by atoms with Crippen LogP contribution in [0.15, 0.2) is 36.9 Å². The van der Waals surface area contributed by atoms with E-state index in [0.717, 1.165) is 17.8 Å². The third-order valence-corrected chi connectivity index (χ3v) is 5.03. The fourth-order valence-electron chi connectivity index (χ4n) is 3.86. The maximum Gasteiger partial charge on any atom is 0.123 e. The van der Waals surface area contributed by atoms with Crippen LogP contribution < -0.4 is 5.32 Å². The highest BCUT2D eigenvalue weighted by Crippen LogP contribution is 2.35. The zero-order valence-corrected chi connectivity index (χ0v) is 12.3. The van der Waals surface area contributed by atoms with Crippen LogP contribution in [0.4, 0.5) is 5.69 Å². The van der Waals surface area contributed by atoms with Crippen LogP contribution in [-0.2, 0) is 0 Å². The molecular weight excluding hydrogens is 262 g/mol. The van der Waals surface area contributed by atoms with Crippen LogP contribution in [0.1, 0.15) is 25.7 Å². The molecule has 2 atom stereocenters. The second-order valence-electron chi connectivity index (χ2n) is 6.28. The van der Waals surface area contributed by atoms with Gasteiger partial charge in [0, 0.05) is 23.8 Å². The molecule has 2 fully saturated rings. The maximum absolute atomic E-state index is 3.87. The number of rotatable bonds is 3. The van der Waals surface area contributed by atoms with Crippen molar-refractivity contribution in [3.05, 3.63) is 36.9 Å². The quantitative estimate of drug-likeness (QED) is 0.939. The Morgan fingerprint density at radius 3 is 2.52 bits per heavy atom. The van der Waals surface area contributed by atoms with Gasteiger partial charge in [-0.2, -0.15) is 0 Å². The molecule has 110 valence electrons. The second-order valence-corrected chi connectivity index (χ2v) is 6.28. The summed E-state index contributed by atoms with van der Waals surface area (Å²) in [5, 5.41) is 11.5. The average Bonchev–Trinajstić information content (AvgIpc) is 3.08. The third-order valence-electron chi connectivity index (χ3n) is 5.03. The SMILES string of the molecule is CN1C2CCC1CC(Nc1cccc(-n3cnnc3)c1)C2. The van der Waals surface area contributed by atoms with E-state index in [1.54, 1.807) is 12.7 Å². The number of fused-ring (bicyclic) bond motifs is 2. The van der Waals surface area contributed by atoms with E-state index in [9.17, 15) is 0 Å². The van der Waals surface area contributed by atoms with Gasteiger partial charge < -0.3 is 10.2 Å². The van der Waals surface area contributed by atoms with Gasteiger partial charge in [-0.3, -0.25) is 4.57 Å². The molecule has 1 aromatic heterocycles. The number of aromatic nitrogens is 3. The van der Waals surface area contributed by atoms with Crippen LogP contribution in [0.25, 0.3) is 5.69 Å². The second kappa shape index (κ2) is 5.15. The average molecular weight is 283 g/mol. The minimum atomic E-state index is 0.592. The first-order chi connectivity index (χ1) is 10.3. The van der Waals surface area contributed by atoms with Crippen molar-refractivity contribution in [2.24, 2.45) is 0 Å². The van der Waals surface area contributed by atoms with Crippen molar-refractivity contribution in [1.29, 1.82) is 0 Å². The van der Waals surface area contributed by atoms with Crippen molar-refractivity contribution in [3.63, 3.8) is 0 Å². The van der Waals surface area contributed by atoms with Gasteiger partial charge >= 0.3 is 0 Å². The van der Waals surface area contributed by atoms with Gasteiger partial charge in [-0.25, -0.2) is 0 Å². The summed E-state index contributed by atoms with van der Waals surface area (Å²) in [6.07, 6.45) is 8.69. The molecule has 0 radical (unpaired) electrons. The minimum absolute atomic E-state index is 0.592. The lowest BCUT2D eigenvalue weighted by Crippen LogP contribution is -2.44. The summed E-state index contributed by atoms with van der Waals surface area (Å²) in [6, 6.07) is 10.6. The minimum Gasteiger partial charge on any atom is -0.382 e. The van der Waals surface area contributed by atoms with E-state index in [1.165, 1.54) is 31.4 Å². The van der Waals surface area contributed by atoms with Crippen LogP contribution in [-0.4, -0.2) is 44.8 Å². The molecule has 21 heavy (non-hydrogen) atoms. The van der Waals surface area contributed by atoms with E-state index < -0.39 is 0 Å². The van der Waals surface area contributed by atoms with Crippen LogP contribution in [0.2, 0.25) is 0 Å². The van der Waals surface area contributed by atoms with Gasteiger partial charge in [0.1, 0.15) is 12.7 Å². The molecule has 0 aliphatic carbocycles. The highest BCUT2D eigenvalue weighted by Gasteiger charge is 2.38. The fourth-order valence-corrected chi connectivity index (χ4v) is 3.86. The number of hydrogen-bond donors (Lipinski definition) is 1. The first kappa shape index (κ1) is 12.8. The Morgan fingerprint density at radius 2 is 1.81 bits per heavy atom. The summed E-state index contributed by atoms with van der Waals surface area (Å²) < 4.78 is 1.93. The van der Waals surface area contributed by atoms with Crippen molar-refractivity contribution in [1.82, 2.24) is 19.7 Å². The number of piperidine rings is 1. The summed E-state index contributed by atoms with van der Waals surface area (Å²) in [4.78, 5) is 2.58. The zero-order valence-electron chi connectivity index (χ0n) is 12.3. The molecule has 0 spiro atoms. The van der Waals surface area contributed by atoms with Gasteiger partial charge in [-0.1, -0.05) is 6.07 Å². The number of anilines is 1. The highest BCUT2D eigenvalue weighted by atomic mass is 15.2. The first-order valence-corrected chi connectivity index (χ1v) is 7.73. The molecule has 2 aliphatic rings. The van der Waals surface area contributed by atoms with Gasteiger partial charge in [-0.05, 0) is 50.9 Å². The summed E-state index contributed by atoms with van der Waals surface area (Å²) in [7, 11) is 2.28. The molecule has 5 heteroatoms. The van der Waals surface area contributed by atoms with Gasteiger partial charge in [-0.15, -0.1) is 10.2 Å². The summed E-state index contributed by atoms with van der Waals surface area (Å²) >= 11 is 0. The monoisotopic (exact) mass is 283 g/mol.